The number of carbonyl (C=O) groups is 1. The van der Waals surface area contributed by atoms with Crippen LogP contribution in [0.15, 0.2) is 54.6 Å². The van der Waals surface area contributed by atoms with Crippen molar-refractivity contribution >= 4 is 16.9 Å². The second-order valence-electron chi connectivity index (χ2n) is 5.85. The number of amides is 1. The van der Waals surface area contributed by atoms with Crippen LogP contribution in [-0.2, 0) is 11.3 Å². The lowest BCUT2D eigenvalue weighted by Gasteiger charge is -2.21. The first-order chi connectivity index (χ1) is 11.1. The normalized spacial score (nSPS) is 12.3. The molecule has 3 rings (SSSR count). The number of para-hydroxylation sites is 2. The zero-order chi connectivity index (χ0) is 16.4. The Kier molecular flexibility index (Phi) is 4.15. The Bertz CT molecular complexity index is 823. The highest BCUT2D eigenvalue weighted by Gasteiger charge is 2.18. The molecule has 118 valence electrons. The van der Waals surface area contributed by atoms with Crippen molar-refractivity contribution in [1.29, 1.82) is 0 Å². The SMILES string of the molecule is CC(=O)N(C)Cc1nc2ccccc2n1C(C)c1ccccc1. The van der Waals surface area contributed by atoms with Crippen molar-refractivity contribution in [2.45, 2.75) is 26.4 Å². The summed E-state index contributed by atoms with van der Waals surface area (Å²) in [4.78, 5) is 18.0. The number of hydrogen-bond acceptors (Lipinski definition) is 2. The molecule has 0 fully saturated rings. The second kappa shape index (κ2) is 6.24. The quantitative estimate of drug-likeness (QED) is 0.738. The summed E-state index contributed by atoms with van der Waals surface area (Å²) in [6, 6.07) is 18.6. The predicted octanol–water partition coefficient (Wildman–Crippen LogP) is 3.62. The molecule has 0 aliphatic rings. The largest absolute Gasteiger partial charge is 0.339 e. The van der Waals surface area contributed by atoms with E-state index in [2.05, 4.69) is 29.7 Å². The lowest BCUT2D eigenvalue weighted by atomic mass is 10.1. The van der Waals surface area contributed by atoms with Crippen LogP contribution in [0, 0.1) is 0 Å². The maximum Gasteiger partial charge on any atom is 0.219 e. The van der Waals surface area contributed by atoms with E-state index in [9.17, 15) is 4.79 Å². The van der Waals surface area contributed by atoms with Crippen molar-refractivity contribution < 1.29 is 4.79 Å². The van der Waals surface area contributed by atoms with Gasteiger partial charge in [-0.25, -0.2) is 4.98 Å². The molecular formula is C19H21N3O. The van der Waals surface area contributed by atoms with E-state index in [4.69, 9.17) is 4.98 Å². The van der Waals surface area contributed by atoms with Gasteiger partial charge < -0.3 is 9.47 Å². The van der Waals surface area contributed by atoms with Crippen LogP contribution in [0.3, 0.4) is 0 Å². The third kappa shape index (κ3) is 2.97. The van der Waals surface area contributed by atoms with E-state index in [-0.39, 0.29) is 11.9 Å². The van der Waals surface area contributed by atoms with Gasteiger partial charge in [-0.3, -0.25) is 4.79 Å². The molecule has 0 saturated heterocycles. The van der Waals surface area contributed by atoms with Gasteiger partial charge in [-0.05, 0) is 24.6 Å². The van der Waals surface area contributed by atoms with E-state index in [1.807, 2.05) is 36.4 Å². The van der Waals surface area contributed by atoms with Crippen molar-refractivity contribution in [3.63, 3.8) is 0 Å². The lowest BCUT2D eigenvalue weighted by Crippen LogP contribution is -2.25. The minimum atomic E-state index is 0.0379. The van der Waals surface area contributed by atoms with Gasteiger partial charge >= 0.3 is 0 Å². The fourth-order valence-corrected chi connectivity index (χ4v) is 2.84. The fraction of sp³-hybridized carbons (Fsp3) is 0.263. The Morgan fingerprint density at radius 1 is 1.13 bits per heavy atom. The minimum absolute atomic E-state index is 0.0379. The molecule has 0 aliphatic heterocycles. The van der Waals surface area contributed by atoms with E-state index >= 15 is 0 Å². The van der Waals surface area contributed by atoms with Crippen LogP contribution in [0.25, 0.3) is 11.0 Å². The van der Waals surface area contributed by atoms with Crippen molar-refractivity contribution in [3.8, 4) is 0 Å². The smallest absolute Gasteiger partial charge is 0.219 e. The first-order valence-electron chi connectivity index (χ1n) is 7.80. The van der Waals surface area contributed by atoms with Crippen molar-refractivity contribution in [2.75, 3.05) is 7.05 Å². The zero-order valence-corrected chi connectivity index (χ0v) is 13.7. The highest BCUT2D eigenvalue weighted by Crippen LogP contribution is 2.26. The summed E-state index contributed by atoms with van der Waals surface area (Å²) in [7, 11) is 1.80. The summed E-state index contributed by atoms with van der Waals surface area (Å²) < 4.78 is 2.23. The summed E-state index contributed by atoms with van der Waals surface area (Å²) in [6.45, 7) is 4.25. The molecule has 0 spiro atoms. The number of imidazole rings is 1. The zero-order valence-electron chi connectivity index (χ0n) is 13.7. The van der Waals surface area contributed by atoms with Crippen LogP contribution in [0.5, 0.6) is 0 Å². The molecule has 1 aromatic heterocycles. The van der Waals surface area contributed by atoms with Crippen LogP contribution in [0.2, 0.25) is 0 Å². The summed E-state index contributed by atoms with van der Waals surface area (Å²) >= 11 is 0. The third-order valence-corrected chi connectivity index (χ3v) is 4.25. The Balaban J connectivity index is 2.11. The molecule has 3 aromatic rings. The number of fused-ring (bicyclic) bond motifs is 1. The van der Waals surface area contributed by atoms with Crippen molar-refractivity contribution in [2.24, 2.45) is 0 Å². The molecule has 1 amide bonds. The number of benzene rings is 2. The number of hydrogen-bond donors (Lipinski definition) is 0. The van der Waals surface area contributed by atoms with Crippen LogP contribution in [0.4, 0.5) is 0 Å². The maximum absolute atomic E-state index is 11.6. The summed E-state index contributed by atoms with van der Waals surface area (Å²) in [5, 5.41) is 0. The van der Waals surface area contributed by atoms with E-state index in [0.29, 0.717) is 6.54 Å². The maximum atomic E-state index is 11.6. The average molecular weight is 307 g/mol. The van der Waals surface area contributed by atoms with Gasteiger partial charge in [-0.15, -0.1) is 0 Å². The van der Waals surface area contributed by atoms with Gasteiger partial charge in [0.25, 0.3) is 0 Å². The van der Waals surface area contributed by atoms with Gasteiger partial charge in [-0.1, -0.05) is 42.5 Å². The Labute approximate surface area is 136 Å². The standard InChI is InChI=1S/C19H21N3O/c1-14(16-9-5-4-6-10-16)22-18-12-8-7-11-17(18)20-19(22)13-21(3)15(2)23/h4-12,14H,13H2,1-3H3. The number of carbonyl (C=O) groups excluding carboxylic acids is 1. The van der Waals surface area contributed by atoms with Crippen LogP contribution >= 0.6 is 0 Å². The van der Waals surface area contributed by atoms with Gasteiger partial charge in [0, 0.05) is 14.0 Å². The molecule has 2 aromatic carbocycles. The summed E-state index contributed by atoms with van der Waals surface area (Å²) in [5.41, 5.74) is 3.28. The van der Waals surface area contributed by atoms with Gasteiger partial charge in [0.05, 0.1) is 23.6 Å². The van der Waals surface area contributed by atoms with Gasteiger partial charge in [-0.2, -0.15) is 0 Å². The molecule has 4 heteroatoms. The molecule has 4 nitrogen and oxygen atoms in total. The monoisotopic (exact) mass is 307 g/mol. The predicted molar refractivity (Wildman–Crippen MR) is 92.1 cm³/mol. The molecule has 0 bridgehead atoms. The molecule has 0 radical (unpaired) electrons. The Hall–Kier alpha value is -2.62. The molecule has 23 heavy (non-hydrogen) atoms. The van der Waals surface area contributed by atoms with Crippen LogP contribution < -0.4 is 0 Å². The van der Waals surface area contributed by atoms with Crippen LogP contribution in [0.1, 0.15) is 31.3 Å². The first kappa shape index (κ1) is 15.3. The molecule has 1 heterocycles. The summed E-state index contributed by atoms with van der Waals surface area (Å²) in [5.74, 6) is 0.941. The number of aromatic nitrogens is 2. The lowest BCUT2D eigenvalue weighted by molar-refractivity contribution is -0.128. The van der Waals surface area contributed by atoms with Crippen molar-refractivity contribution in [3.05, 3.63) is 66.0 Å². The van der Waals surface area contributed by atoms with E-state index in [1.165, 1.54) is 5.56 Å². The van der Waals surface area contributed by atoms with Gasteiger partial charge in [0.15, 0.2) is 0 Å². The molecule has 0 N–H and O–H groups in total. The molecule has 1 unspecified atom stereocenters. The van der Waals surface area contributed by atoms with Gasteiger partial charge in [0.1, 0.15) is 5.82 Å². The number of rotatable bonds is 4. The topological polar surface area (TPSA) is 38.1 Å². The minimum Gasteiger partial charge on any atom is -0.339 e. The number of nitrogens with zero attached hydrogens (tertiary/aromatic N) is 3. The second-order valence-corrected chi connectivity index (χ2v) is 5.85. The average Bonchev–Trinajstić information content (AvgIpc) is 2.92. The molecule has 0 saturated carbocycles. The molecule has 1 atom stereocenters. The van der Waals surface area contributed by atoms with Crippen molar-refractivity contribution in [1.82, 2.24) is 14.5 Å². The fourth-order valence-electron chi connectivity index (χ4n) is 2.84. The van der Waals surface area contributed by atoms with E-state index in [1.54, 1.807) is 18.9 Å². The van der Waals surface area contributed by atoms with E-state index in [0.717, 1.165) is 16.9 Å². The Morgan fingerprint density at radius 3 is 2.48 bits per heavy atom. The first-order valence-corrected chi connectivity index (χ1v) is 7.80. The molecule has 0 aliphatic carbocycles. The third-order valence-electron chi connectivity index (χ3n) is 4.25. The van der Waals surface area contributed by atoms with Crippen LogP contribution in [-0.4, -0.2) is 27.4 Å². The molecular weight excluding hydrogens is 286 g/mol. The highest BCUT2D eigenvalue weighted by atomic mass is 16.2. The Morgan fingerprint density at radius 2 is 1.78 bits per heavy atom. The van der Waals surface area contributed by atoms with E-state index < -0.39 is 0 Å². The summed E-state index contributed by atoms with van der Waals surface area (Å²) in [6.07, 6.45) is 0. The highest BCUT2D eigenvalue weighted by molar-refractivity contribution is 5.77. The van der Waals surface area contributed by atoms with Gasteiger partial charge in [0.2, 0.25) is 5.91 Å².